The van der Waals surface area contributed by atoms with E-state index in [1.54, 1.807) is 60.8 Å². The highest BCUT2D eigenvalue weighted by Gasteiger charge is 2.34. The molecule has 6 nitrogen and oxygen atoms in total. The Morgan fingerprint density at radius 2 is 1.76 bits per heavy atom. The standard InChI is InChI=1S/C21H14BrN3O3S/c22-13-3-1-4-16(11-13)25-20(28)18(19(27)23-21(25)29)12-15-5-2-10-24(15)14-6-8-17(26)9-7-14/h1-12,26H,(H,23,27,29)/b18-12+. The van der Waals surface area contributed by atoms with Crippen LogP contribution in [0, 0.1) is 0 Å². The van der Waals surface area contributed by atoms with E-state index in [0.717, 1.165) is 10.2 Å². The number of phenols is 1. The fourth-order valence-corrected chi connectivity index (χ4v) is 3.68. The summed E-state index contributed by atoms with van der Waals surface area (Å²) in [5.41, 5.74) is 1.94. The van der Waals surface area contributed by atoms with Gasteiger partial charge in [0, 0.05) is 22.1 Å². The van der Waals surface area contributed by atoms with Gasteiger partial charge in [-0.2, -0.15) is 0 Å². The highest BCUT2D eigenvalue weighted by Crippen LogP contribution is 2.25. The molecule has 1 aliphatic rings. The zero-order valence-electron chi connectivity index (χ0n) is 14.9. The van der Waals surface area contributed by atoms with Gasteiger partial charge in [-0.15, -0.1) is 0 Å². The van der Waals surface area contributed by atoms with Gasteiger partial charge in [0.15, 0.2) is 5.11 Å². The Morgan fingerprint density at radius 3 is 2.48 bits per heavy atom. The largest absolute Gasteiger partial charge is 0.508 e. The van der Waals surface area contributed by atoms with Gasteiger partial charge in [-0.05, 0) is 72.9 Å². The van der Waals surface area contributed by atoms with Gasteiger partial charge in [0.2, 0.25) is 0 Å². The maximum absolute atomic E-state index is 13.1. The number of amides is 2. The maximum Gasteiger partial charge on any atom is 0.270 e. The van der Waals surface area contributed by atoms with E-state index in [1.807, 2.05) is 10.6 Å². The number of rotatable bonds is 3. The average molecular weight is 468 g/mol. The third-order valence-corrected chi connectivity index (χ3v) is 5.15. The van der Waals surface area contributed by atoms with Crippen molar-refractivity contribution in [2.24, 2.45) is 0 Å². The minimum atomic E-state index is -0.551. The molecule has 1 aromatic heterocycles. The van der Waals surface area contributed by atoms with Gasteiger partial charge in [0.25, 0.3) is 11.8 Å². The predicted molar refractivity (Wildman–Crippen MR) is 118 cm³/mol. The Labute approximate surface area is 180 Å². The van der Waals surface area contributed by atoms with Gasteiger partial charge in [0.1, 0.15) is 11.3 Å². The summed E-state index contributed by atoms with van der Waals surface area (Å²) in [7, 11) is 0. The topological polar surface area (TPSA) is 74.6 Å². The van der Waals surface area contributed by atoms with Crippen LogP contribution in [0.4, 0.5) is 5.69 Å². The summed E-state index contributed by atoms with van der Waals surface area (Å²) in [4.78, 5) is 26.9. The number of aromatic hydroxyl groups is 1. The monoisotopic (exact) mass is 467 g/mol. The summed E-state index contributed by atoms with van der Waals surface area (Å²) in [6, 6.07) is 17.3. The van der Waals surface area contributed by atoms with E-state index in [9.17, 15) is 14.7 Å². The number of nitrogens with zero attached hydrogens (tertiary/aromatic N) is 2. The first-order chi connectivity index (χ1) is 13.9. The number of benzene rings is 2. The van der Waals surface area contributed by atoms with Crippen LogP contribution in [-0.4, -0.2) is 26.6 Å². The van der Waals surface area contributed by atoms with Gasteiger partial charge >= 0.3 is 0 Å². The zero-order chi connectivity index (χ0) is 20.5. The van der Waals surface area contributed by atoms with Gasteiger partial charge in [-0.25, -0.2) is 0 Å². The van der Waals surface area contributed by atoms with Crippen molar-refractivity contribution < 1.29 is 14.7 Å². The summed E-state index contributed by atoms with van der Waals surface area (Å²) in [5.74, 6) is -0.902. The van der Waals surface area contributed by atoms with Crippen LogP contribution in [0.2, 0.25) is 0 Å². The number of phenolic OH excluding ortho intramolecular Hbond substituents is 1. The van der Waals surface area contributed by atoms with E-state index < -0.39 is 11.8 Å². The minimum absolute atomic E-state index is 0.0303. The Bertz CT molecular complexity index is 1170. The lowest BCUT2D eigenvalue weighted by Crippen LogP contribution is -2.54. The number of carbonyl (C=O) groups excluding carboxylic acids is 2. The van der Waals surface area contributed by atoms with Crippen molar-refractivity contribution in [1.82, 2.24) is 9.88 Å². The van der Waals surface area contributed by atoms with Gasteiger partial charge < -0.3 is 9.67 Å². The first-order valence-corrected chi connectivity index (χ1v) is 9.78. The molecule has 0 radical (unpaired) electrons. The van der Waals surface area contributed by atoms with E-state index >= 15 is 0 Å². The second-order valence-corrected chi connectivity index (χ2v) is 7.56. The van der Waals surface area contributed by atoms with Crippen molar-refractivity contribution >= 4 is 56.8 Å². The molecule has 29 heavy (non-hydrogen) atoms. The summed E-state index contributed by atoms with van der Waals surface area (Å²) < 4.78 is 2.60. The molecule has 1 aliphatic heterocycles. The molecule has 2 aromatic carbocycles. The van der Waals surface area contributed by atoms with E-state index in [1.165, 1.54) is 11.0 Å². The molecule has 8 heteroatoms. The van der Waals surface area contributed by atoms with E-state index in [4.69, 9.17) is 12.2 Å². The number of hydrogen-bond acceptors (Lipinski definition) is 4. The smallest absolute Gasteiger partial charge is 0.270 e. The van der Waals surface area contributed by atoms with Crippen molar-refractivity contribution in [3.8, 4) is 11.4 Å². The molecular weight excluding hydrogens is 454 g/mol. The normalized spacial score (nSPS) is 15.7. The molecule has 1 fully saturated rings. The van der Waals surface area contributed by atoms with Crippen LogP contribution in [0.15, 0.2) is 76.9 Å². The van der Waals surface area contributed by atoms with Gasteiger partial charge in [0.05, 0.1) is 5.69 Å². The van der Waals surface area contributed by atoms with Crippen molar-refractivity contribution in [2.75, 3.05) is 4.90 Å². The lowest BCUT2D eigenvalue weighted by atomic mass is 10.1. The fourth-order valence-electron chi connectivity index (χ4n) is 3.02. The number of nitrogens with one attached hydrogen (secondary N) is 1. The van der Waals surface area contributed by atoms with Crippen molar-refractivity contribution in [3.63, 3.8) is 0 Å². The molecule has 0 spiro atoms. The number of aromatic nitrogens is 1. The van der Waals surface area contributed by atoms with E-state index in [-0.39, 0.29) is 16.4 Å². The molecule has 144 valence electrons. The van der Waals surface area contributed by atoms with E-state index in [0.29, 0.717) is 11.4 Å². The molecule has 2 heterocycles. The SMILES string of the molecule is O=C1NC(=S)N(c2cccc(Br)c2)C(=O)/C1=C/c1cccn1-c1ccc(O)cc1. The maximum atomic E-state index is 13.1. The first kappa shape index (κ1) is 19.1. The molecule has 1 saturated heterocycles. The Kier molecular flexibility index (Phi) is 5.04. The van der Waals surface area contributed by atoms with Crippen LogP contribution in [0.25, 0.3) is 11.8 Å². The number of anilines is 1. The molecule has 0 unspecified atom stereocenters. The molecule has 4 rings (SSSR count). The van der Waals surface area contributed by atoms with Crippen molar-refractivity contribution in [3.05, 3.63) is 82.6 Å². The fraction of sp³-hybridized carbons (Fsp3) is 0. The predicted octanol–water partition coefficient (Wildman–Crippen LogP) is 3.78. The summed E-state index contributed by atoms with van der Waals surface area (Å²) in [6.45, 7) is 0. The molecule has 2 N–H and O–H groups in total. The molecule has 3 aromatic rings. The molecule has 0 bridgehead atoms. The second kappa shape index (κ2) is 7.65. The van der Waals surface area contributed by atoms with Gasteiger partial charge in [-0.3, -0.25) is 19.8 Å². The van der Waals surface area contributed by atoms with Crippen LogP contribution < -0.4 is 10.2 Å². The number of hydrogen-bond donors (Lipinski definition) is 2. The molecular formula is C21H14BrN3O3S. The Hall–Kier alpha value is -3.23. The summed E-state index contributed by atoms with van der Waals surface area (Å²) in [5, 5.41) is 12.1. The lowest BCUT2D eigenvalue weighted by Gasteiger charge is -2.29. The first-order valence-electron chi connectivity index (χ1n) is 8.58. The van der Waals surface area contributed by atoms with Crippen LogP contribution >= 0.6 is 28.1 Å². The number of thiocarbonyl (C=S) groups is 1. The number of halogens is 1. The molecule has 0 saturated carbocycles. The second-order valence-electron chi connectivity index (χ2n) is 6.26. The average Bonchev–Trinajstić information content (AvgIpc) is 3.14. The molecule has 2 amide bonds. The Balaban J connectivity index is 1.75. The van der Waals surface area contributed by atoms with Crippen molar-refractivity contribution in [1.29, 1.82) is 0 Å². The minimum Gasteiger partial charge on any atom is -0.508 e. The highest BCUT2D eigenvalue weighted by atomic mass is 79.9. The van der Waals surface area contributed by atoms with Gasteiger partial charge in [-0.1, -0.05) is 22.0 Å². The quantitative estimate of drug-likeness (QED) is 0.349. The summed E-state index contributed by atoms with van der Waals surface area (Å²) in [6.07, 6.45) is 3.33. The van der Waals surface area contributed by atoms with Crippen molar-refractivity contribution in [2.45, 2.75) is 0 Å². The number of carbonyl (C=O) groups is 2. The third-order valence-electron chi connectivity index (χ3n) is 4.37. The lowest BCUT2D eigenvalue weighted by molar-refractivity contribution is -0.122. The third kappa shape index (κ3) is 3.72. The van der Waals surface area contributed by atoms with Crippen LogP contribution in [0.1, 0.15) is 5.69 Å². The molecule has 0 aliphatic carbocycles. The van der Waals surface area contributed by atoms with E-state index in [2.05, 4.69) is 21.2 Å². The highest BCUT2D eigenvalue weighted by molar-refractivity contribution is 9.10. The Morgan fingerprint density at radius 1 is 1.00 bits per heavy atom. The molecule has 0 atom stereocenters. The van der Waals surface area contributed by atoms with Crippen LogP contribution in [0.3, 0.4) is 0 Å². The van der Waals surface area contributed by atoms with Crippen LogP contribution in [-0.2, 0) is 9.59 Å². The zero-order valence-corrected chi connectivity index (χ0v) is 17.3. The summed E-state index contributed by atoms with van der Waals surface area (Å²) >= 11 is 8.60. The van der Waals surface area contributed by atoms with Crippen LogP contribution in [0.5, 0.6) is 5.75 Å².